The Bertz CT molecular complexity index is 1220. The number of fused-ring (bicyclic) bond motifs is 1. The molecule has 0 saturated carbocycles. The van der Waals surface area contributed by atoms with Crippen molar-refractivity contribution in [2.24, 2.45) is 0 Å². The SMILES string of the molecule is Cc1c(C(=O)N2CCc3[nH]nc(-c4ccc(Cl)cc4)c3C2)cc([N+](=O)[O-])cc1[N+](=O)[O-]. The van der Waals surface area contributed by atoms with E-state index in [0.717, 1.165) is 29.0 Å². The lowest BCUT2D eigenvalue weighted by molar-refractivity contribution is -0.394. The highest BCUT2D eigenvalue weighted by atomic mass is 35.5. The van der Waals surface area contributed by atoms with Crippen LogP contribution in [0.25, 0.3) is 11.3 Å². The topological polar surface area (TPSA) is 135 Å². The van der Waals surface area contributed by atoms with Gasteiger partial charge < -0.3 is 4.90 Å². The molecule has 1 N–H and O–H groups in total. The zero-order valence-corrected chi connectivity index (χ0v) is 17.0. The molecule has 11 heteroatoms. The first kappa shape index (κ1) is 20.5. The first-order valence-electron chi connectivity index (χ1n) is 9.31. The van der Waals surface area contributed by atoms with Gasteiger partial charge in [0.1, 0.15) is 0 Å². The minimum atomic E-state index is -0.744. The van der Waals surface area contributed by atoms with Gasteiger partial charge in [0.25, 0.3) is 17.3 Å². The standard InChI is InChI=1S/C20H16ClN5O5/c1-11-15(8-14(25(28)29)9-18(11)26(30)31)20(27)24-7-6-17-16(10-24)19(23-22-17)12-2-4-13(21)5-3-12/h2-5,8-9H,6-7,10H2,1H3,(H,22,23). The molecule has 0 aliphatic carbocycles. The van der Waals surface area contributed by atoms with Crippen molar-refractivity contribution in [3.05, 3.63) is 84.0 Å². The number of non-ortho nitro benzene ring substituents is 1. The third-order valence-corrected chi connectivity index (χ3v) is 5.59. The zero-order chi connectivity index (χ0) is 22.3. The van der Waals surface area contributed by atoms with Crippen LogP contribution >= 0.6 is 11.6 Å². The monoisotopic (exact) mass is 441 g/mol. The second-order valence-corrected chi connectivity index (χ2v) is 7.60. The van der Waals surface area contributed by atoms with Crippen molar-refractivity contribution in [3.8, 4) is 11.3 Å². The number of carbonyl (C=O) groups is 1. The quantitative estimate of drug-likeness (QED) is 0.479. The van der Waals surface area contributed by atoms with E-state index in [1.54, 1.807) is 12.1 Å². The number of nitrogens with zero attached hydrogens (tertiary/aromatic N) is 4. The predicted octanol–water partition coefficient (Wildman–Crippen LogP) is 4.05. The van der Waals surface area contributed by atoms with Gasteiger partial charge in [-0.3, -0.25) is 30.1 Å². The molecule has 1 amide bonds. The van der Waals surface area contributed by atoms with Gasteiger partial charge in [0.2, 0.25) is 0 Å². The van der Waals surface area contributed by atoms with Crippen molar-refractivity contribution in [2.45, 2.75) is 19.9 Å². The van der Waals surface area contributed by atoms with E-state index in [9.17, 15) is 25.0 Å². The van der Waals surface area contributed by atoms with E-state index in [1.807, 2.05) is 12.1 Å². The van der Waals surface area contributed by atoms with Crippen LogP contribution in [0.5, 0.6) is 0 Å². The number of carbonyl (C=O) groups excluding carboxylic acids is 1. The Balaban J connectivity index is 1.70. The van der Waals surface area contributed by atoms with Crippen LogP contribution in [0.2, 0.25) is 5.02 Å². The van der Waals surface area contributed by atoms with Crippen LogP contribution in [0.1, 0.15) is 27.2 Å². The lowest BCUT2D eigenvalue weighted by atomic mass is 9.99. The highest BCUT2D eigenvalue weighted by Gasteiger charge is 2.30. The number of nitrogens with one attached hydrogen (secondary N) is 1. The van der Waals surface area contributed by atoms with Crippen LogP contribution in [0, 0.1) is 27.2 Å². The largest absolute Gasteiger partial charge is 0.334 e. The fourth-order valence-corrected chi connectivity index (χ4v) is 3.81. The third kappa shape index (κ3) is 3.73. The smallest absolute Gasteiger partial charge is 0.279 e. The van der Waals surface area contributed by atoms with Gasteiger partial charge in [0.05, 0.1) is 27.2 Å². The second-order valence-electron chi connectivity index (χ2n) is 7.16. The fourth-order valence-electron chi connectivity index (χ4n) is 3.69. The van der Waals surface area contributed by atoms with Crippen molar-refractivity contribution in [3.63, 3.8) is 0 Å². The number of nitro groups is 2. The van der Waals surface area contributed by atoms with E-state index >= 15 is 0 Å². The summed E-state index contributed by atoms with van der Waals surface area (Å²) in [5, 5.41) is 30.5. The molecule has 0 radical (unpaired) electrons. The molecule has 3 aromatic rings. The van der Waals surface area contributed by atoms with Crippen LogP contribution in [-0.2, 0) is 13.0 Å². The second kappa shape index (κ2) is 7.80. The molecule has 1 aliphatic heterocycles. The minimum Gasteiger partial charge on any atom is -0.334 e. The molecule has 0 unspecified atom stereocenters. The molecule has 2 heterocycles. The minimum absolute atomic E-state index is 0.0547. The number of rotatable bonds is 4. The summed E-state index contributed by atoms with van der Waals surface area (Å²) in [5.74, 6) is -0.502. The Hall–Kier alpha value is -3.79. The van der Waals surface area contributed by atoms with E-state index in [2.05, 4.69) is 10.2 Å². The first-order valence-corrected chi connectivity index (χ1v) is 9.69. The summed E-state index contributed by atoms with van der Waals surface area (Å²) in [6.07, 6.45) is 0.512. The van der Waals surface area contributed by atoms with Crippen molar-refractivity contribution in [2.75, 3.05) is 6.54 Å². The number of benzene rings is 2. The van der Waals surface area contributed by atoms with Crippen LogP contribution < -0.4 is 0 Å². The van der Waals surface area contributed by atoms with Gasteiger partial charge in [0.15, 0.2) is 0 Å². The molecule has 31 heavy (non-hydrogen) atoms. The molecular weight excluding hydrogens is 426 g/mol. The van der Waals surface area contributed by atoms with E-state index in [1.165, 1.54) is 11.8 Å². The van der Waals surface area contributed by atoms with Crippen molar-refractivity contribution >= 4 is 28.9 Å². The molecular formula is C20H16ClN5O5. The van der Waals surface area contributed by atoms with Crippen molar-refractivity contribution in [1.29, 1.82) is 0 Å². The van der Waals surface area contributed by atoms with Gasteiger partial charge >= 0.3 is 0 Å². The Morgan fingerprint density at radius 3 is 2.52 bits per heavy atom. The van der Waals surface area contributed by atoms with Gasteiger partial charge in [-0.2, -0.15) is 5.10 Å². The van der Waals surface area contributed by atoms with Crippen LogP contribution in [0.4, 0.5) is 11.4 Å². The summed E-state index contributed by atoms with van der Waals surface area (Å²) in [5.41, 5.74) is 2.33. The van der Waals surface area contributed by atoms with E-state index < -0.39 is 27.1 Å². The van der Waals surface area contributed by atoms with Gasteiger partial charge in [-0.25, -0.2) is 0 Å². The van der Waals surface area contributed by atoms with Crippen LogP contribution in [0.15, 0.2) is 36.4 Å². The summed E-state index contributed by atoms with van der Waals surface area (Å²) >= 11 is 5.96. The van der Waals surface area contributed by atoms with E-state index in [0.29, 0.717) is 23.7 Å². The Kier molecular flexibility index (Phi) is 5.15. The number of aromatic nitrogens is 2. The molecule has 0 spiro atoms. The predicted molar refractivity (Wildman–Crippen MR) is 112 cm³/mol. The molecule has 10 nitrogen and oxygen atoms in total. The van der Waals surface area contributed by atoms with E-state index in [4.69, 9.17) is 11.6 Å². The fraction of sp³-hybridized carbons (Fsp3) is 0.200. The maximum absolute atomic E-state index is 13.2. The van der Waals surface area contributed by atoms with Crippen LogP contribution in [0.3, 0.4) is 0 Å². The Morgan fingerprint density at radius 1 is 1.16 bits per heavy atom. The zero-order valence-electron chi connectivity index (χ0n) is 16.3. The first-order chi connectivity index (χ1) is 14.8. The normalized spacial score (nSPS) is 13.0. The van der Waals surface area contributed by atoms with Crippen LogP contribution in [-0.4, -0.2) is 37.4 Å². The Labute approximate surface area is 180 Å². The van der Waals surface area contributed by atoms with Gasteiger partial charge in [-0.1, -0.05) is 23.7 Å². The maximum Gasteiger partial charge on any atom is 0.279 e. The van der Waals surface area contributed by atoms with Gasteiger partial charge in [-0.05, 0) is 19.1 Å². The molecule has 0 saturated heterocycles. The number of nitro benzene ring substituents is 2. The number of hydrogen-bond donors (Lipinski definition) is 1. The summed E-state index contributed by atoms with van der Waals surface area (Å²) < 4.78 is 0. The van der Waals surface area contributed by atoms with Gasteiger partial charge in [-0.15, -0.1) is 0 Å². The molecule has 2 aromatic carbocycles. The molecule has 158 valence electrons. The summed E-state index contributed by atoms with van der Waals surface area (Å²) in [7, 11) is 0. The summed E-state index contributed by atoms with van der Waals surface area (Å²) in [4.78, 5) is 35.9. The summed E-state index contributed by atoms with van der Waals surface area (Å²) in [6, 6.07) is 9.11. The molecule has 4 rings (SSSR count). The molecule has 0 atom stereocenters. The number of hydrogen-bond acceptors (Lipinski definition) is 6. The van der Waals surface area contributed by atoms with Crippen molar-refractivity contribution < 1.29 is 14.6 Å². The highest BCUT2D eigenvalue weighted by Crippen LogP contribution is 2.32. The number of H-pyrrole nitrogens is 1. The lowest BCUT2D eigenvalue weighted by Crippen LogP contribution is -2.36. The maximum atomic E-state index is 13.2. The molecule has 1 aromatic heterocycles. The molecule has 0 bridgehead atoms. The number of aromatic amines is 1. The van der Waals surface area contributed by atoms with Crippen molar-refractivity contribution in [1.82, 2.24) is 15.1 Å². The average Bonchev–Trinajstić information content (AvgIpc) is 3.16. The number of halogens is 1. The Morgan fingerprint density at radius 2 is 1.87 bits per heavy atom. The lowest BCUT2D eigenvalue weighted by Gasteiger charge is -2.27. The summed E-state index contributed by atoms with van der Waals surface area (Å²) in [6.45, 7) is 1.99. The molecule has 0 fully saturated rings. The van der Waals surface area contributed by atoms with E-state index in [-0.39, 0.29) is 17.7 Å². The average molecular weight is 442 g/mol. The third-order valence-electron chi connectivity index (χ3n) is 5.34. The van der Waals surface area contributed by atoms with Gasteiger partial charge in [0, 0.05) is 53.0 Å². The molecule has 1 aliphatic rings. The highest BCUT2D eigenvalue weighted by molar-refractivity contribution is 6.30. The number of amides is 1.